The molecule has 4 rings (SSSR count). The minimum atomic E-state index is 0.222. The molecule has 1 aromatic heterocycles. The monoisotopic (exact) mass is 482 g/mol. The Labute approximate surface area is 206 Å². The summed E-state index contributed by atoms with van der Waals surface area (Å²) in [6.07, 6.45) is 2.42. The Bertz CT molecular complexity index is 1080. The van der Waals surface area contributed by atoms with E-state index < -0.39 is 0 Å². The van der Waals surface area contributed by atoms with Gasteiger partial charge in [0.1, 0.15) is 17.3 Å². The van der Waals surface area contributed by atoms with Crippen LogP contribution >= 0.6 is 11.8 Å². The molecule has 2 heterocycles. The number of aromatic nitrogens is 3. The molecule has 0 N–H and O–H groups in total. The predicted molar refractivity (Wildman–Crippen MR) is 134 cm³/mol. The van der Waals surface area contributed by atoms with Gasteiger partial charge in [0.2, 0.25) is 0 Å². The lowest BCUT2D eigenvalue weighted by molar-refractivity contribution is 0.0934. The van der Waals surface area contributed by atoms with Crippen LogP contribution in [0.3, 0.4) is 0 Å². The van der Waals surface area contributed by atoms with Crippen molar-refractivity contribution in [2.75, 3.05) is 27.9 Å². The summed E-state index contributed by atoms with van der Waals surface area (Å²) in [5.41, 5.74) is 3.73. The molecule has 34 heavy (non-hydrogen) atoms. The molecule has 182 valence electrons. The van der Waals surface area contributed by atoms with E-state index in [0.29, 0.717) is 6.54 Å². The topological polar surface area (TPSA) is 61.6 Å². The van der Waals surface area contributed by atoms with Gasteiger partial charge in [0.15, 0.2) is 5.16 Å². The van der Waals surface area contributed by atoms with Gasteiger partial charge in [0, 0.05) is 30.5 Å². The Hall–Kier alpha value is -2.55. The highest BCUT2D eigenvalue weighted by Gasteiger charge is 2.22. The first-order valence-electron chi connectivity index (χ1n) is 11.7. The van der Waals surface area contributed by atoms with Gasteiger partial charge in [-0.2, -0.15) is 0 Å². The molecule has 7 nitrogen and oxygen atoms in total. The van der Waals surface area contributed by atoms with Crippen LogP contribution in [0.25, 0.3) is 0 Å². The first-order chi connectivity index (χ1) is 16.6. The Balaban J connectivity index is 1.49. The average molecular weight is 483 g/mol. The molecule has 2 aromatic carbocycles. The molecule has 8 heteroatoms. The Kier molecular flexibility index (Phi) is 8.48. The molecule has 0 aliphatic carbocycles. The Morgan fingerprint density at radius 2 is 1.94 bits per heavy atom. The molecule has 0 amide bonds. The summed E-state index contributed by atoms with van der Waals surface area (Å²) in [5.74, 6) is 3.43. The summed E-state index contributed by atoms with van der Waals surface area (Å²) < 4.78 is 19.1. The zero-order chi connectivity index (χ0) is 23.9. The maximum atomic E-state index is 5.94. The fraction of sp³-hybridized carbons (Fsp3) is 0.462. The number of ether oxygens (including phenoxy) is 3. The minimum absolute atomic E-state index is 0.222. The molecule has 0 radical (unpaired) electrons. The quantitative estimate of drug-likeness (QED) is 0.367. The zero-order valence-electron chi connectivity index (χ0n) is 20.5. The molecule has 1 aliphatic rings. The highest BCUT2D eigenvalue weighted by atomic mass is 32.2. The van der Waals surface area contributed by atoms with Crippen molar-refractivity contribution in [1.82, 2.24) is 19.7 Å². The fourth-order valence-corrected chi connectivity index (χ4v) is 5.25. The molecule has 0 saturated carbocycles. The molecule has 0 bridgehead atoms. The van der Waals surface area contributed by atoms with Crippen LogP contribution in [0.1, 0.15) is 35.4 Å². The van der Waals surface area contributed by atoms with Gasteiger partial charge in [-0.15, -0.1) is 10.2 Å². The summed E-state index contributed by atoms with van der Waals surface area (Å²) in [4.78, 5) is 2.23. The second-order valence-corrected chi connectivity index (χ2v) is 9.65. The molecule has 1 aliphatic heterocycles. The Morgan fingerprint density at radius 1 is 1.09 bits per heavy atom. The summed E-state index contributed by atoms with van der Waals surface area (Å²) >= 11 is 1.74. The summed E-state index contributed by atoms with van der Waals surface area (Å²) in [6, 6.07) is 14.4. The smallest absolute Gasteiger partial charge is 0.191 e. The van der Waals surface area contributed by atoms with Crippen molar-refractivity contribution >= 4 is 11.8 Å². The molecular formula is C26H34N4O3S. The minimum Gasteiger partial charge on any atom is -0.497 e. The number of nitrogens with zero attached hydrogens (tertiary/aromatic N) is 4. The van der Waals surface area contributed by atoms with E-state index in [9.17, 15) is 0 Å². The average Bonchev–Trinajstić information content (AvgIpc) is 3.49. The van der Waals surface area contributed by atoms with Gasteiger partial charge in [-0.3, -0.25) is 4.90 Å². The van der Waals surface area contributed by atoms with Crippen LogP contribution in [-0.4, -0.2) is 53.6 Å². The van der Waals surface area contributed by atoms with Gasteiger partial charge in [-0.1, -0.05) is 42.1 Å². The van der Waals surface area contributed by atoms with Gasteiger partial charge in [-0.25, -0.2) is 0 Å². The van der Waals surface area contributed by atoms with Crippen LogP contribution < -0.4 is 9.47 Å². The molecular weight excluding hydrogens is 448 g/mol. The number of methoxy groups -OCH3 is 2. The molecule has 1 saturated heterocycles. The molecule has 0 unspecified atom stereocenters. The van der Waals surface area contributed by atoms with E-state index in [4.69, 9.17) is 14.2 Å². The lowest BCUT2D eigenvalue weighted by Gasteiger charge is -2.20. The summed E-state index contributed by atoms with van der Waals surface area (Å²) in [5, 5.41) is 10.1. The van der Waals surface area contributed by atoms with E-state index in [0.717, 1.165) is 66.3 Å². The van der Waals surface area contributed by atoms with Crippen molar-refractivity contribution in [3.05, 3.63) is 65.0 Å². The maximum absolute atomic E-state index is 5.94. The normalized spacial score (nSPS) is 15.7. The SMILES string of the molecule is COc1ccc(CN(C)Cc2nnc(SCc3ccccc3C)n2C[C@H]2CCCO2)c(OC)c1. The zero-order valence-corrected chi connectivity index (χ0v) is 21.3. The van der Waals surface area contributed by atoms with Crippen molar-refractivity contribution < 1.29 is 14.2 Å². The number of aryl methyl sites for hydroxylation is 1. The molecule has 1 atom stereocenters. The number of hydrogen-bond donors (Lipinski definition) is 0. The van der Waals surface area contributed by atoms with Gasteiger partial charge >= 0.3 is 0 Å². The van der Waals surface area contributed by atoms with Crippen molar-refractivity contribution in [2.24, 2.45) is 0 Å². The van der Waals surface area contributed by atoms with Crippen LogP contribution in [-0.2, 0) is 30.1 Å². The number of benzene rings is 2. The van der Waals surface area contributed by atoms with E-state index in [1.807, 2.05) is 12.1 Å². The van der Waals surface area contributed by atoms with Crippen LogP contribution in [0.4, 0.5) is 0 Å². The second kappa shape index (κ2) is 11.7. The van der Waals surface area contributed by atoms with Crippen molar-refractivity contribution in [2.45, 2.75) is 56.4 Å². The molecule has 3 aromatic rings. The highest BCUT2D eigenvalue weighted by molar-refractivity contribution is 7.98. The van der Waals surface area contributed by atoms with Crippen molar-refractivity contribution in [3.8, 4) is 11.5 Å². The number of rotatable bonds is 11. The summed E-state index contributed by atoms with van der Waals surface area (Å²) in [6.45, 7) is 5.19. The van der Waals surface area contributed by atoms with Crippen LogP contribution in [0.2, 0.25) is 0 Å². The third-order valence-corrected chi connectivity index (χ3v) is 7.18. The first kappa shape index (κ1) is 24.6. The van der Waals surface area contributed by atoms with Gasteiger partial charge in [0.25, 0.3) is 0 Å². The third kappa shape index (κ3) is 6.11. The van der Waals surface area contributed by atoms with E-state index >= 15 is 0 Å². The van der Waals surface area contributed by atoms with E-state index in [1.165, 1.54) is 11.1 Å². The summed E-state index contributed by atoms with van der Waals surface area (Å²) in [7, 11) is 5.44. The second-order valence-electron chi connectivity index (χ2n) is 8.71. The largest absolute Gasteiger partial charge is 0.497 e. The predicted octanol–water partition coefficient (Wildman–Crippen LogP) is 4.71. The van der Waals surface area contributed by atoms with Gasteiger partial charge in [-0.05, 0) is 44.0 Å². The van der Waals surface area contributed by atoms with Gasteiger partial charge in [0.05, 0.1) is 33.4 Å². The molecule has 1 fully saturated rings. The van der Waals surface area contributed by atoms with Crippen LogP contribution in [0.5, 0.6) is 11.5 Å². The number of thioether (sulfide) groups is 1. The Morgan fingerprint density at radius 3 is 2.68 bits per heavy atom. The fourth-order valence-electron chi connectivity index (χ4n) is 4.20. The van der Waals surface area contributed by atoms with E-state index in [2.05, 4.69) is 64.0 Å². The van der Waals surface area contributed by atoms with Crippen molar-refractivity contribution in [1.29, 1.82) is 0 Å². The molecule has 0 spiro atoms. The standard InChI is InChI=1S/C26H34N4O3S/c1-19-8-5-6-9-21(19)18-34-26-28-27-25(30(26)16-23-10-7-13-33-23)17-29(2)15-20-11-12-22(31-3)14-24(20)32-4/h5-6,8-9,11-12,14,23H,7,10,13,15-18H2,1-4H3/t23-/m1/s1. The first-order valence-corrected chi connectivity index (χ1v) is 12.7. The maximum Gasteiger partial charge on any atom is 0.191 e. The van der Waals surface area contributed by atoms with Crippen LogP contribution in [0, 0.1) is 6.92 Å². The third-order valence-electron chi connectivity index (χ3n) is 6.17. The lowest BCUT2D eigenvalue weighted by Crippen LogP contribution is -2.23. The van der Waals surface area contributed by atoms with Gasteiger partial charge < -0.3 is 18.8 Å². The number of hydrogen-bond acceptors (Lipinski definition) is 7. The van der Waals surface area contributed by atoms with Crippen LogP contribution in [0.15, 0.2) is 47.6 Å². The highest BCUT2D eigenvalue weighted by Crippen LogP contribution is 2.28. The van der Waals surface area contributed by atoms with E-state index in [1.54, 1.807) is 26.0 Å². The van der Waals surface area contributed by atoms with E-state index in [-0.39, 0.29) is 6.10 Å². The van der Waals surface area contributed by atoms with Crippen molar-refractivity contribution in [3.63, 3.8) is 0 Å². The lowest BCUT2D eigenvalue weighted by atomic mass is 10.1.